The van der Waals surface area contributed by atoms with Gasteiger partial charge in [-0.1, -0.05) is 0 Å². The molecule has 1 aliphatic rings. The summed E-state index contributed by atoms with van der Waals surface area (Å²) >= 11 is 0. The summed E-state index contributed by atoms with van der Waals surface area (Å²) in [5.74, 6) is -0.613. The minimum Gasteiger partial charge on any atom is -0.481 e. The zero-order valence-electron chi connectivity index (χ0n) is 6.66. The summed E-state index contributed by atoms with van der Waals surface area (Å²) in [6, 6.07) is 0.0381. The third-order valence-corrected chi connectivity index (χ3v) is 2.11. The molecule has 2 atom stereocenters. The molecule has 1 saturated heterocycles. The molecular formula is C7H14N2O2. The van der Waals surface area contributed by atoms with Crippen LogP contribution in [0.4, 0.5) is 0 Å². The Hall–Kier alpha value is -0.610. The van der Waals surface area contributed by atoms with Gasteiger partial charge in [0, 0.05) is 19.1 Å². The summed E-state index contributed by atoms with van der Waals surface area (Å²) in [4.78, 5) is 12.4. The van der Waals surface area contributed by atoms with Gasteiger partial charge in [0.1, 0.15) is 0 Å². The lowest BCUT2D eigenvalue weighted by Crippen LogP contribution is -2.30. The summed E-state index contributed by atoms with van der Waals surface area (Å²) in [6.07, 6.45) is 0.200. The molecule has 4 heteroatoms. The lowest BCUT2D eigenvalue weighted by Gasteiger charge is -2.09. The molecule has 0 radical (unpaired) electrons. The number of carbonyl (C=O) groups is 1. The van der Waals surface area contributed by atoms with Crippen molar-refractivity contribution < 1.29 is 9.90 Å². The van der Waals surface area contributed by atoms with E-state index in [0.29, 0.717) is 0 Å². The number of aliphatic carboxylic acids is 1. The Morgan fingerprint density at radius 1 is 1.73 bits per heavy atom. The minimum atomic E-state index is -0.749. The van der Waals surface area contributed by atoms with E-state index >= 15 is 0 Å². The lowest BCUT2D eigenvalue weighted by atomic mass is 10.0. The average Bonchev–Trinajstić information content (AvgIpc) is 2.09. The Morgan fingerprint density at radius 2 is 2.36 bits per heavy atom. The Morgan fingerprint density at radius 3 is 2.73 bits per heavy atom. The molecule has 0 saturated carbocycles. The van der Waals surface area contributed by atoms with E-state index in [9.17, 15) is 4.79 Å². The fourth-order valence-corrected chi connectivity index (χ4v) is 1.56. The van der Waals surface area contributed by atoms with Crippen LogP contribution in [0, 0.1) is 5.92 Å². The number of hydrogen-bond acceptors (Lipinski definition) is 3. The smallest absolute Gasteiger partial charge is 0.303 e. The molecule has 0 bridgehead atoms. The Labute approximate surface area is 66.0 Å². The molecule has 0 amide bonds. The van der Waals surface area contributed by atoms with Gasteiger partial charge in [0.15, 0.2) is 0 Å². The molecule has 64 valence electrons. The van der Waals surface area contributed by atoms with Gasteiger partial charge in [-0.25, -0.2) is 0 Å². The second kappa shape index (κ2) is 3.19. The van der Waals surface area contributed by atoms with Crippen molar-refractivity contribution in [2.24, 2.45) is 11.7 Å². The van der Waals surface area contributed by atoms with Crippen LogP contribution in [0.5, 0.6) is 0 Å². The van der Waals surface area contributed by atoms with E-state index in [0.717, 1.165) is 13.1 Å². The summed E-state index contributed by atoms with van der Waals surface area (Å²) in [5, 5.41) is 8.50. The van der Waals surface area contributed by atoms with Crippen LogP contribution in [0.3, 0.4) is 0 Å². The van der Waals surface area contributed by atoms with E-state index in [-0.39, 0.29) is 18.4 Å². The van der Waals surface area contributed by atoms with Crippen molar-refractivity contribution in [1.29, 1.82) is 0 Å². The van der Waals surface area contributed by atoms with Gasteiger partial charge in [-0.3, -0.25) is 4.79 Å². The van der Waals surface area contributed by atoms with E-state index < -0.39 is 5.97 Å². The highest BCUT2D eigenvalue weighted by Gasteiger charge is 2.29. The molecule has 4 nitrogen and oxygen atoms in total. The van der Waals surface area contributed by atoms with E-state index in [2.05, 4.69) is 4.90 Å². The highest BCUT2D eigenvalue weighted by Crippen LogP contribution is 2.16. The number of rotatable bonds is 2. The fraction of sp³-hybridized carbons (Fsp3) is 0.857. The summed E-state index contributed by atoms with van der Waals surface area (Å²) in [5.41, 5.74) is 5.71. The third-order valence-electron chi connectivity index (χ3n) is 2.11. The number of carboxylic acids is 1. The first kappa shape index (κ1) is 8.49. The van der Waals surface area contributed by atoms with Crippen molar-refractivity contribution in [3.63, 3.8) is 0 Å². The van der Waals surface area contributed by atoms with Crippen LogP contribution >= 0.6 is 0 Å². The van der Waals surface area contributed by atoms with Crippen molar-refractivity contribution in [3.05, 3.63) is 0 Å². The number of likely N-dealkylation sites (N-methyl/N-ethyl adjacent to an activating group) is 1. The monoisotopic (exact) mass is 158 g/mol. The van der Waals surface area contributed by atoms with Gasteiger partial charge in [-0.2, -0.15) is 0 Å². The zero-order chi connectivity index (χ0) is 8.43. The molecule has 1 fully saturated rings. The number of nitrogens with zero attached hydrogens (tertiary/aromatic N) is 1. The Kier molecular flexibility index (Phi) is 2.46. The van der Waals surface area contributed by atoms with E-state index in [1.165, 1.54) is 0 Å². The highest BCUT2D eigenvalue weighted by molar-refractivity contribution is 5.67. The molecular weight excluding hydrogens is 144 g/mol. The van der Waals surface area contributed by atoms with Gasteiger partial charge in [0.25, 0.3) is 0 Å². The van der Waals surface area contributed by atoms with Crippen LogP contribution in [-0.4, -0.2) is 42.2 Å². The molecule has 0 spiro atoms. The van der Waals surface area contributed by atoms with Crippen LogP contribution in [0.1, 0.15) is 6.42 Å². The molecule has 0 aromatic rings. The van der Waals surface area contributed by atoms with Crippen LogP contribution in [0.15, 0.2) is 0 Å². The van der Waals surface area contributed by atoms with Crippen LogP contribution in [-0.2, 0) is 4.79 Å². The summed E-state index contributed by atoms with van der Waals surface area (Å²) < 4.78 is 0. The first-order chi connectivity index (χ1) is 5.09. The molecule has 2 unspecified atom stereocenters. The number of carboxylic acid groups (broad SMARTS) is 1. The first-order valence-electron chi connectivity index (χ1n) is 3.75. The second-order valence-corrected chi connectivity index (χ2v) is 3.24. The van der Waals surface area contributed by atoms with E-state index in [1.807, 2.05) is 7.05 Å². The predicted molar refractivity (Wildman–Crippen MR) is 41.2 cm³/mol. The van der Waals surface area contributed by atoms with E-state index in [1.54, 1.807) is 0 Å². The van der Waals surface area contributed by atoms with Gasteiger partial charge in [0.2, 0.25) is 0 Å². The fourth-order valence-electron chi connectivity index (χ4n) is 1.56. The highest BCUT2D eigenvalue weighted by atomic mass is 16.4. The average molecular weight is 158 g/mol. The Balaban J connectivity index is 2.40. The topological polar surface area (TPSA) is 66.6 Å². The molecule has 1 rings (SSSR count). The molecule has 0 aliphatic carbocycles. The molecule has 1 aliphatic heterocycles. The van der Waals surface area contributed by atoms with Gasteiger partial charge in [-0.15, -0.1) is 0 Å². The van der Waals surface area contributed by atoms with Crippen LogP contribution in [0.2, 0.25) is 0 Å². The number of hydrogen-bond donors (Lipinski definition) is 2. The first-order valence-corrected chi connectivity index (χ1v) is 3.75. The molecule has 1 heterocycles. The third kappa shape index (κ3) is 2.17. The normalized spacial score (nSPS) is 32.5. The quantitative estimate of drug-likeness (QED) is 0.560. The lowest BCUT2D eigenvalue weighted by molar-refractivity contribution is -0.138. The number of nitrogens with two attached hydrogens (primary N) is 1. The zero-order valence-corrected chi connectivity index (χ0v) is 6.66. The van der Waals surface area contributed by atoms with Crippen LogP contribution < -0.4 is 5.73 Å². The maximum absolute atomic E-state index is 10.3. The van der Waals surface area contributed by atoms with Crippen LogP contribution in [0.25, 0.3) is 0 Å². The van der Waals surface area contributed by atoms with Crippen molar-refractivity contribution in [3.8, 4) is 0 Å². The minimum absolute atomic E-state index is 0.0381. The predicted octanol–water partition coefficient (Wildman–Crippen LogP) is -0.650. The van der Waals surface area contributed by atoms with Crippen molar-refractivity contribution in [2.75, 3.05) is 20.1 Å². The maximum atomic E-state index is 10.3. The van der Waals surface area contributed by atoms with E-state index in [4.69, 9.17) is 10.8 Å². The maximum Gasteiger partial charge on any atom is 0.303 e. The molecule has 3 N–H and O–H groups in total. The van der Waals surface area contributed by atoms with Crippen molar-refractivity contribution in [1.82, 2.24) is 4.90 Å². The SMILES string of the molecule is CN1CC(N)C(CC(=O)O)C1. The Bertz CT molecular complexity index is 161. The van der Waals surface area contributed by atoms with Gasteiger partial charge < -0.3 is 15.7 Å². The molecule has 11 heavy (non-hydrogen) atoms. The van der Waals surface area contributed by atoms with Gasteiger partial charge in [-0.05, 0) is 13.0 Å². The summed E-state index contributed by atoms with van der Waals surface area (Å²) in [6.45, 7) is 1.63. The summed E-state index contributed by atoms with van der Waals surface area (Å²) in [7, 11) is 1.96. The van der Waals surface area contributed by atoms with Gasteiger partial charge in [0.05, 0.1) is 6.42 Å². The second-order valence-electron chi connectivity index (χ2n) is 3.24. The van der Waals surface area contributed by atoms with Crippen molar-refractivity contribution >= 4 is 5.97 Å². The van der Waals surface area contributed by atoms with Gasteiger partial charge >= 0.3 is 5.97 Å². The van der Waals surface area contributed by atoms with Crippen molar-refractivity contribution in [2.45, 2.75) is 12.5 Å². The molecule has 0 aromatic carbocycles. The molecule has 0 aromatic heterocycles. The standard InChI is InChI=1S/C7H14N2O2/c1-9-3-5(2-7(10)11)6(8)4-9/h5-6H,2-4,8H2,1H3,(H,10,11). The number of likely N-dealkylation sites (tertiary alicyclic amines) is 1. The largest absolute Gasteiger partial charge is 0.481 e.